The zero-order valence-corrected chi connectivity index (χ0v) is 10.6. The lowest BCUT2D eigenvalue weighted by molar-refractivity contribution is -0.0705. The molecule has 0 fully saturated rings. The minimum atomic E-state index is -1.12. The van der Waals surface area contributed by atoms with Crippen molar-refractivity contribution in [3.8, 4) is 5.75 Å². The van der Waals surface area contributed by atoms with E-state index in [2.05, 4.69) is 6.58 Å². The van der Waals surface area contributed by atoms with Crippen molar-refractivity contribution in [2.75, 3.05) is 0 Å². The SMILES string of the molecule is C=CC(C)(O)C(C)(C)Oc1cccc(Cl)c1. The predicted molar refractivity (Wildman–Crippen MR) is 67.0 cm³/mol. The molecule has 3 heteroatoms. The summed E-state index contributed by atoms with van der Waals surface area (Å²) in [5, 5.41) is 10.7. The average Bonchev–Trinajstić information content (AvgIpc) is 2.16. The number of hydrogen-bond donors (Lipinski definition) is 1. The van der Waals surface area contributed by atoms with Crippen LogP contribution in [-0.4, -0.2) is 16.3 Å². The maximum Gasteiger partial charge on any atom is 0.135 e. The van der Waals surface area contributed by atoms with Crippen LogP contribution >= 0.6 is 11.6 Å². The fraction of sp³-hybridized carbons (Fsp3) is 0.385. The molecule has 0 bridgehead atoms. The van der Waals surface area contributed by atoms with Crippen LogP contribution in [-0.2, 0) is 0 Å². The third-order valence-electron chi connectivity index (χ3n) is 2.79. The third kappa shape index (κ3) is 2.77. The van der Waals surface area contributed by atoms with Gasteiger partial charge in [0.05, 0.1) is 0 Å². The van der Waals surface area contributed by atoms with Crippen molar-refractivity contribution in [2.45, 2.75) is 32.0 Å². The van der Waals surface area contributed by atoms with E-state index in [0.29, 0.717) is 10.8 Å². The first-order chi connectivity index (χ1) is 7.28. The third-order valence-corrected chi connectivity index (χ3v) is 3.02. The molecule has 1 N–H and O–H groups in total. The largest absolute Gasteiger partial charge is 0.484 e. The summed E-state index contributed by atoms with van der Waals surface area (Å²) < 4.78 is 5.73. The van der Waals surface area contributed by atoms with E-state index < -0.39 is 11.2 Å². The molecule has 0 saturated heterocycles. The highest BCUT2D eigenvalue weighted by Crippen LogP contribution is 2.30. The van der Waals surface area contributed by atoms with Crippen molar-refractivity contribution in [3.63, 3.8) is 0 Å². The second kappa shape index (κ2) is 4.48. The fourth-order valence-electron chi connectivity index (χ4n) is 1.17. The molecule has 16 heavy (non-hydrogen) atoms. The molecule has 0 aromatic heterocycles. The van der Waals surface area contributed by atoms with Crippen LogP contribution in [0.5, 0.6) is 5.75 Å². The number of hydrogen-bond acceptors (Lipinski definition) is 2. The Labute approximate surface area is 102 Å². The van der Waals surface area contributed by atoms with E-state index in [0.717, 1.165) is 0 Å². The van der Waals surface area contributed by atoms with Crippen molar-refractivity contribution in [2.24, 2.45) is 0 Å². The van der Waals surface area contributed by atoms with Gasteiger partial charge in [0.15, 0.2) is 0 Å². The maximum atomic E-state index is 10.1. The van der Waals surface area contributed by atoms with Gasteiger partial charge in [0.25, 0.3) is 0 Å². The second-order valence-electron chi connectivity index (χ2n) is 4.42. The molecule has 0 saturated carbocycles. The zero-order valence-electron chi connectivity index (χ0n) is 9.83. The average molecular weight is 241 g/mol. The number of benzene rings is 1. The van der Waals surface area contributed by atoms with E-state index in [1.54, 1.807) is 45.0 Å². The summed E-state index contributed by atoms with van der Waals surface area (Å²) in [6, 6.07) is 7.08. The Morgan fingerprint density at radius 1 is 1.38 bits per heavy atom. The summed E-state index contributed by atoms with van der Waals surface area (Å²) in [5.41, 5.74) is -1.89. The van der Waals surface area contributed by atoms with Crippen LogP contribution in [0.2, 0.25) is 5.02 Å². The summed E-state index contributed by atoms with van der Waals surface area (Å²) in [4.78, 5) is 0. The Kier molecular flexibility index (Phi) is 3.66. The summed E-state index contributed by atoms with van der Waals surface area (Å²) in [6.45, 7) is 8.86. The molecule has 0 aliphatic rings. The summed E-state index contributed by atoms with van der Waals surface area (Å²) in [6.07, 6.45) is 1.47. The highest BCUT2D eigenvalue weighted by Gasteiger charge is 2.39. The van der Waals surface area contributed by atoms with E-state index in [1.165, 1.54) is 6.08 Å². The molecule has 88 valence electrons. The maximum absolute atomic E-state index is 10.1. The first kappa shape index (κ1) is 13.1. The van der Waals surface area contributed by atoms with Crippen molar-refractivity contribution in [3.05, 3.63) is 41.9 Å². The summed E-state index contributed by atoms with van der Waals surface area (Å²) in [5.74, 6) is 0.625. The van der Waals surface area contributed by atoms with E-state index in [-0.39, 0.29) is 0 Å². The molecule has 1 rings (SSSR count). The van der Waals surface area contributed by atoms with E-state index >= 15 is 0 Å². The molecular formula is C13H17ClO2. The first-order valence-corrected chi connectivity index (χ1v) is 5.47. The molecule has 0 radical (unpaired) electrons. The molecule has 0 heterocycles. The van der Waals surface area contributed by atoms with E-state index in [1.807, 2.05) is 0 Å². The monoisotopic (exact) mass is 240 g/mol. The van der Waals surface area contributed by atoms with E-state index in [9.17, 15) is 5.11 Å². The van der Waals surface area contributed by atoms with Crippen molar-refractivity contribution < 1.29 is 9.84 Å². The Bertz CT molecular complexity index is 383. The van der Waals surface area contributed by atoms with Crippen molar-refractivity contribution >= 4 is 11.6 Å². The second-order valence-corrected chi connectivity index (χ2v) is 4.86. The predicted octanol–water partition coefficient (Wildman–Crippen LogP) is 3.43. The molecule has 1 aromatic carbocycles. The van der Waals surface area contributed by atoms with Crippen LogP contribution in [0.1, 0.15) is 20.8 Å². The van der Waals surface area contributed by atoms with Gasteiger partial charge in [-0.3, -0.25) is 0 Å². The normalized spacial score (nSPS) is 15.3. The van der Waals surface area contributed by atoms with Crippen LogP contribution in [0, 0.1) is 0 Å². The molecule has 1 atom stereocenters. The lowest BCUT2D eigenvalue weighted by atomic mass is 9.87. The number of aliphatic hydroxyl groups is 1. The van der Waals surface area contributed by atoms with Gasteiger partial charge in [-0.25, -0.2) is 0 Å². The van der Waals surface area contributed by atoms with Crippen LogP contribution in [0.25, 0.3) is 0 Å². The molecular weight excluding hydrogens is 224 g/mol. The minimum absolute atomic E-state index is 0.603. The van der Waals surface area contributed by atoms with Gasteiger partial charge < -0.3 is 9.84 Å². The van der Waals surface area contributed by atoms with Crippen molar-refractivity contribution in [1.82, 2.24) is 0 Å². The Hall–Kier alpha value is -0.990. The van der Waals surface area contributed by atoms with Crippen LogP contribution in [0.15, 0.2) is 36.9 Å². The standard InChI is InChI=1S/C13H17ClO2/c1-5-13(4,15)12(2,3)16-11-8-6-7-10(14)9-11/h5-9,15H,1H2,2-4H3. The lowest BCUT2D eigenvalue weighted by Gasteiger charge is -2.38. The molecule has 1 aromatic rings. The molecule has 0 amide bonds. The Balaban J connectivity index is 2.92. The fourth-order valence-corrected chi connectivity index (χ4v) is 1.35. The van der Waals surface area contributed by atoms with Gasteiger partial charge in [-0.15, -0.1) is 6.58 Å². The van der Waals surface area contributed by atoms with Gasteiger partial charge in [0.2, 0.25) is 0 Å². The van der Waals surface area contributed by atoms with Crippen LogP contribution < -0.4 is 4.74 Å². The first-order valence-electron chi connectivity index (χ1n) is 5.09. The minimum Gasteiger partial charge on any atom is -0.484 e. The van der Waals surface area contributed by atoms with Crippen molar-refractivity contribution in [1.29, 1.82) is 0 Å². The topological polar surface area (TPSA) is 29.5 Å². The number of ether oxygens (including phenoxy) is 1. The molecule has 0 aliphatic heterocycles. The molecule has 2 nitrogen and oxygen atoms in total. The Morgan fingerprint density at radius 2 is 2.00 bits per heavy atom. The highest BCUT2D eigenvalue weighted by atomic mass is 35.5. The van der Waals surface area contributed by atoms with Gasteiger partial charge in [-0.1, -0.05) is 23.7 Å². The smallest absolute Gasteiger partial charge is 0.135 e. The quantitative estimate of drug-likeness (QED) is 0.817. The van der Waals surface area contributed by atoms with Gasteiger partial charge in [-0.2, -0.15) is 0 Å². The summed E-state index contributed by atoms with van der Waals surface area (Å²) >= 11 is 5.86. The lowest BCUT2D eigenvalue weighted by Crippen LogP contribution is -2.50. The molecule has 0 aliphatic carbocycles. The summed E-state index contributed by atoms with van der Waals surface area (Å²) in [7, 11) is 0. The van der Waals surface area contributed by atoms with Crippen LogP contribution in [0.3, 0.4) is 0 Å². The van der Waals surface area contributed by atoms with Gasteiger partial charge in [0.1, 0.15) is 17.0 Å². The highest BCUT2D eigenvalue weighted by molar-refractivity contribution is 6.30. The Morgan fingerprint density at radius 3 is 2.50 bits per heavy atom. The van der Waals surface area contributed by atoms with Crippen LogP contribution in [0.4, 0.5) is 0 Å². The van der Waals surface area contributed by atoms with E-state index in [4.69, 9.17) is 16.3 Å². The molecule has 1 unspecified atom stereocenters. The number of rotatable bonds is 4. The zero-order chi connectivity index (χ0) is 12.4. The molecule has 0 spiro atoms. The van der Waals surface area contributed by atoms with Gasteiger partial charge in [-0.05, 0) is 39.0 Å². The van der Waals surface area contributed by atoms with Gasteiger partial charge in [0, 0.05) is 5.02 Å². The van der Waals surface area contributed by atoms with Gasteiger partial charge >= 0.3 is 0 Å². The number of halogens is 1.